The molecular weight excluding hydrogens is 204 g/mol. The Morgan fingerprint density at radius 2 is 2.31 bits per heavy atom. The molecule has 1 amide bonds. The summed E-state index contributed by atoms with van der Waals surface area (Å²) in [4.78, 5) is 11.2. The molecule has 1 heterocycles. The van der Waals surface area contributed by atoms with Gasteiger partial charge in [-0.15, -0.1) is 0 Å². The molecule has 2 rings (SSSR count). The number of rotatable bonds is 3. The third-order valence-corrected chi connectivity index (χ3v) is 3.23. The van der Waals surface area contributed by atoms with E-state index < -0.39 is 5.41 Å². The predicted octanol–water partition coefficient (Wildman–Crippen LogP) is 0.390. The van der Waals surface area contributed by atoms with Gasteiger partial charge in [0.15, 0.2) is 0 Å². The van der Waals surface area contributed by atoms with Crippen LogP contribution >= 0.6 is 0 Å². The van der Waals surface area contributed by atoms with Crippen LogP contribution in [0.25, 0.3) is 0 Å². The molecule has 86 valence electrons. The van der Waals surface area contributed by atoms with Crippen LogP contribution in [0.2, 0.25) is 0 Å². The van der Waals surface area contributed by atoms with Crippen molar-refractivity contribution in [2.24, 2.45) is 5.73 Å². The molecule has 1 aromatic carbocycles. The van der Waals surface area contributed by atoms with E-state index in [9.17, 15) is 9.90 Å². The van der Waals surface area contributed by atoms with Gasteiger partial charge in [-0.2, -0.15) is 0 Å². The minimum atomic E-state index is -0.430. The minimum absolute atomic E-state index is 0.00363. The first-order valence-electron chi connectivity index (χ1n) is 5.33. The molecule has 16 heavy (non-hydrogen) atoms. The molecule has 1 aromatic rings. The van der Waals surface area contributed by atoms with Gasteiger partial charge in [0, 0.05) is 17.6 Å². The van der Waals surface area contributed by atoms with E-state index in [1.807, 2.05) is 25.1 Å². The standard InChI is InChI=1S/C12H16N2O2/c1-12(6-13,7-15)9-2-3-10-8(4-9)5-11(16)14-10/h2-4,15H,5-7,13H2,1H3,(H,14,16). The van der Waals surface area contributed by atoms with E-state index in [0.29, 0.717) is 13.0 Å². The highest BCUT2D eigenvalue weighted by atomic mass is 16.3. The van der Waals surface area contributed by atoms with E-state index >= 15 is 0 Å². The van der Waals surface area contributed by atoms with Crippen molar-refractivity contribution in [3.8, 4) is 0 Å². The average Bonchev–Trinajstić information content (AvgIpc) is 2.67. The Hall–Kier alpha value is -1.39. The van der Waals surface area contributed by atoms with Gasteiger partial charge in [0.25, 0.3) is 0 Å². The maximum Gasteiger partial charge on any atom is 0.228 e. The summed E-state index contributed by atoms with van der Waals surface area (Å²) in [7, 11) is 0. The summed E-state index contributed by atoms with van der Waals surface area (Å²) in [6.07, 6.45) is 0.412. The van der Waals surface area contributed by atoms with Gasteiger partial charge in [-0.3, -0.25) is 4.79 Å². The fourth-order valence-electron chi connectivity index (χ4n) is 1.88. The van der Waals surface area contributed by atoms with Crippen LogP contribution in [-0.2, 0) is 16.6 Å². The Kier molecular flexibility index (Phi) is 2.69. The molecule has 1 atom stereocenters. The fourth-order valence-corrected chi connectivity index (χ4v) is 1.88. The largest absolute Gasteiger partial charge is 0.395 e. The molecule has 0 spiro atoms. The Morgan fingerprint density at radius 1 is 1.56 bits per heavy atom. The highest BCUT2D eigenvalue weighted by Crippen LogP contribution is 2.29. The molecule has 1 unspecified atom stereocenters. The van der Waals surface area contributed by atoms with E-state index in [1.54, 1.807) is 0 Å². The zero-order valence-electron chi connectivity index (χ0n) is 9.29. The van der Waals surface area contributed by atoms with E-state index in [2.05, 4.69) is 5.32 Å². The van der Waals surface area contributed by atoms with Crippen molar-refractivity contribution >= 4 is 11.6 Å². The smallest absolute Gasteiger partial charge is 0.228 e. The highest BCUT2D eigenvalue weighted by Gasteiger charge is 2.26. The molecule has 0 aromatic heterocycles. The van der Waals surface area contributed by atoms with Crippen molar-refractivity contribution in [1.29, 1.82) is 0 Å². The van der Waals surface area contributed by atoms with Gasteiger partial charge in [0.2, 0.25) is 5.91 Å². The Bertz CT molecular complexity index is 425. The summed E-state index contributed by atoms with van der Waals surface area (Å²) >= 11 is 0. The Morgan fingerprint density at radius 3 is 2.94 bits per heavy atom. The van der Waals surface area contributed by atoms with Crippen LogP contribution in [0.5, 0.6) is 0 Å². The van der Waals surface area contributed by atoms with Crippen LogP contribution in [0, 0.1) is 0 Å². The van der Waals surface area contributed by atoms with Gasteiger partial charge in [0.05, 0.1) is 13.0 Å². The number of nitrogens with two attached hydrogens (primary N) is 1. The topological polar surface area (TPSA) is 75.3 Å². The Labute approximate surface area is 94.5 Å². The maximum absolute atomic E-state index is 11.2. The van der Waals surface area contributed by atoms with Gasteiger partial charge in [-0.05, 0) is 17.2 Å². The van der Waals surface area contributed by atoms with Crippen molar-refractivity contribution < 1.29 is 9.90 Å². The van der Waals surface area contributed by atoms with Crippen LogP contribution in [-0.4, -0.2) is 24.2 Å². The summed E-state index contributed by atoms with van der Waals surface area (Å²) in [6, 6.07) is 5.74. The summed E-state index contributed by atoms with van der Waals surface area (Å²) in [5.41, 5.74) is 8.08. The lowest BCUT2D eigenvalue weighted by atomic mass is 9.82. The lowest BCUT2D eigenvalue weighted by Gasteiger charge is -2.26. The number of hydrogen-bond donors (Lipinski definition) is 3. The highest BCUT2D eigenvalue weighted by molar-refractivity contribution is 5.99. The van der Waals surface area contributed by atoms with Crippen molar-refractivity contribution in [3.05, 3.63) is 29.3 Å². The van der Waals surface area contributed by atoms with E-state index in [1.165, 1.54) is 0 Å². The number of nitrogens with one attached hydrogen (secondary N) is 1. The second-order valence-corrected chi connectivity index (χ2v) is 4.52. The zero-order chi connectivity index (χ0) is 11.8. The van der Waals surface area contributed by atoms with Crippen molar-refractivity contribution in [3.63, 3.8) is 0 Å². The first kappa shape index (κ1) is 11.1. The lowest BCUT2D eigenvalue weighted by molar-refractivity contribution is -0.115. The van der Waals surface area contributed by atoms with Gasteiger partial charge >= 0.3 is 0 Å². The van der Waals surface area contributed by atoms with E-state index in [4.69, 9.17) is 5.73 Å². The van der Waals surface area contributed by atoms with Crippen LogP contribution < -0.4 is 11.1 Å². The van der Waals surface area contributed by atoms with Gasteiger partial charge < -0.3 is 16.2 Å². The van der Waals surface area contributed by atoms with Crippen LogP contribution in [0.1, 0.15) is 18.1 Å². The molecule has 4 N–H and O–H groups in total. The Balaban J connectivity index is 2.39. The number of fused-ring (bicyclic) bond motifs is 1. The summed E-state index contributed by atoms with van der Waals surface area (Å²) in [6.45, 7) is 2.30. The first-order chi connectivity index (χ1) is 7.59. The SMILES string of the molecule is CC(CN)(CO)c1ccc2c(c1)CC(=O)N2. The maximum atomic E-state index is 11.2. The van der Waals surface area contributed by atoms with E-state index in [-0.39, 0.29) is 12.5 Å². The zero-order valence-corrected chi connectivity index (χ0v) is 9.29. The van der Waals surface area contributed by atoms with Crippen molar-refractivity contribution in [2.75, 3.05) is 18.5 Å². The van der Waals surface area contributed by atoms with Gasteiger partial charge in [-0.1, -0.05) is 19.1 Å². The fraction of sp³-hybridized carbons (Fsp3) is 0.417. The summed E-state index contributed by atoms with van der Waals surface area (Å²) in [5.74, 6) is 0.0191. The number of hydrogen-bond acceptors (Lipinski definition) is 3. The minimum Gasteiger partial charge on any atom is -0.395 e. The number of amides is 1. The second-order valence-electron chi connectivity index (χ2n) is 4.52. The first-order valence-corrected chi connectivity index (χ1v) is 5.33. The molecule has 0 saturated heterocycles. The van der Waals surface area contributed by atoms with Crippen LogP contribution in [0.3, 0.4) is 0 Å². The number of aliphatic hydroxyl groups excluding tert-OH is 1. The second kappa shape index (κ2) is 3.88. The third-order valence-electron chi connectivity index (χ3n) is 3.23. The molecule has 0 fully saturated rings. The van der Waals surface area contributed by atoms with Crippen LogP contribution in [0.15, 0.2) is 18.2 Å². The van der Waals surface area contributed by atoms with Gasteiger partial charge in [-0.25, -0.2) is 0 Å². The average molecular weight is 220 g/mol. The molecule has 4 nitrogen and oxygen atoms in total. The number of benzene rings is 1. The van der Waals surface area contributed by atoms with Gasteiger partial charge in [0.1, 0.15) is 0 Å². The summed E-state index contributed by atoms with van der Waals surface area (Å²) < 4.78 is 0. The molecule has 0 radical (unpaired) electrons. The molecule has 1 aliphatic heterocycles. The normalized spacial score (nSPS) is 17.8. The predicted molar refractivity (Wildman–Crippen MR) is 62.3 cm³/mol. The van der Waals surface area contributed by atoms with Crippen molar-refractivity contribution in [2.45, 2.75) is 18.8 Å². The molecule has 0 saturated carbocycles. The molecule has 1 aliphatic rings. The third kappa shape index (κ3) is 1.70. The number of anilines is 1. The molecule has 0 aliphatic carbocycles. The molecule has 4 heteroatoms. The number of carbonyl (C=O) groups excluding carboxylic acids is 1. The molecule has 0 bridgehead atoms. The number of carbonyl (C=O) groups is 1. The van der Waals surface area contributed by atoms with Crippen LogP contribution in [0.4, 0.5) is 5.69 Å². The summed E-state index contributed by atoms with van der Waals surface area (Å²) in [5, 5.41) is 12.2. The lowest BCUT2D eigenvalue weighted by Crippen LogP contribution is -2.35. The quantitative estimate of drug-likeness (QED) is 0.689. The monoisotopic (exact) mass is 220 g/mol. The molecular formula is C12H16N2O2. The van der Waals surface area contributed by atoms with Crippen molar-refractivity contribution in [1.82, 2.24) is 0 Å². The number of aliphatic hydroxyl groups is 1. The van der Waals surface area contributed by atoms with E-state index in [0.717, 1.165) is 16.8 Å².